The van der Waals surface area contributed by atoms with Crippen molar-refractivity contribution < 1.29 is 17.9 Å². The first-order chi connectivity index (χ1) is 17.9. The van der Waals surface area contributed by atoms with Crippen LogP contribution < -0.4 is 10.1 Å². The molecule has 1 saturated heterocycles. The molecule has 7 nitrogen and oxygen atoms in total. The maximum atomic E-state index is 14.1. The minimum absolute atomic E-state index is 0.0635. The normalized spacial score (nSPS) is 21.5. The van der Waals surface area contributed by atoms with Crippen LogP contribution >= 0.6 is 23.2 Å². The molecule has 2 aromatic rings. The summed E-state index contributed by atoms with van der Waals surface area (Å²) in [6.45, 7) is 6.19. The number of benzene rings is 2. The number of sulfonamides is 1. The zero-order valence-corrected chi connectivity index (χ0v) is 24.7. The third kappa shape index (κ3) is 6.65. The number of nitrogens with one attached hydrogen (secondary N) is 1. The van der Waals surface area contributed by atoms with Gasteiger partial charge in [-0.05, 0) is 81.0 Å². The van der Waals surface area contributed by atoms with Gasteiger partial charge in [0.25, 0.3) is 0 Å². The van der Waals surface area contributed by atoms with E-state index in [1.54, 1.807) is 23.5 Å². The number of carbonyl (C=O) groups is 1. The zero-order chi connectivity index (χ0) is 27.7. The van der Waals surface area contributed by atoms with Gasteiger partial charge in [0, 0.05) is 25.7 Å². The molecule has 0 bridgehead atoms. The lowest BCUT2D eigenvalue weighted by molar-refractivity contribution is -0.127. The summed E-state index contributed by atoms with van der Waals surface area (Å²) in [5, 5.41) is 4.22. The van der Waals surface area contributed by atoms with Gasteiger partial charge in [0.2, 0.25) is 15.9 Å². The van der Waals surface area contributed by atoms with E-state index < -0.39 is 15.4 Å². The van der Waals surface area contributed by atoms with Crippen molar-refractivity contribution in [3.63, 3.8) is 0 Å². The maximum absolute atomic E-state index is 14.1. The molecule has 2 aromatic carbocycles. The van der Waals surface area contributed by atoms with E-state index in [0.29, 0.717) is 48.6 Å². The molecule has 10 heteroatoms. The molecule has 2 fully saturated rings. The Morgan fingerprint density at radius 2 is 1.82 bits per heavy atom. The zero-order valence-electron chi connectivity index (χ0n) is 22.4. The Labute approximate surface area is 236 Å². The lowest BCUT2D eigenvalue weighted by atomic mass is 9.77. The van der Waals surface area contributed by atoms with Crippen molar-refractivity contribution in [2.75, 3.05) is 39.5 Å². The fourth-order valence-electron chi connectivity index (χ4n) is 5.34. The summed E-state index contributed by atoms with van der Waals surface area (Å²) in [5.41, 5.74) is 0.991. The number of nitrogens with zero attached hydrogens (tertiary/aromatic N) is 2. The number of ether oxygens (including phenoxy) is 1. The van der Waals surface area contributed by atoms with Gasteiger partial charge >= 0.3 is 0 Å². The number of methoxy groups -OCH3 is 1. The molecular weight excluding hydrogens is 545 g/mol. The van der Waals surface area contributed by atoms with Crippen molar-refractivity contribution in [3.8, 4) is 5.75 Å². The average Bonchev–Trinajstić information content (AvgIpc) is 3.72. The average molecular weight is 583 g/mol. The largest absolute Gasteiger partial charge is 0.497 e. The number of rotatable bonds is 10. The van der Waals surface area contributed by atoms with Crippen molar-refractivity contribution in [2.45, 2.75) is 50.6 Å². The molecule has 1 heterocycles. The Kier molecular flexibility index (Phi) is 8.99. The van der Waals surface area contributed by atoms with Crippen molar-refractivity contribution >= 4 is 39.1 Å². The number of hydrogen-bond acceptors (Lipinski definition) is 5. The third-order valence-electron chi connectivity index (χ3n) is 7.92. The van der Waals surface area contributed by atoms with Gasteiger partial charge < -0.3 is 15.0 Å². The Hall–Kier alpha value is -1.84. The molecule has 1 saturated carbocycles. The van der Waals surface area contributed by atoms with Gasteiger partial charge in [0.1, 0.15) is 5.75 Å². The van der Waals surface area contributed by atoms with E-state index in [9.17, 15) is 13.2 Å². The number of hydrogen-bond donors (Lipinski definition) is 1. The second kappa shape index (κ2) is 11.7. The monoisotopic (exact) mass is 581 g/mol. The van der Waals surface area contributed by atoms with Crippen LogP contribution in [0, 0.1) is 5.92 Å². The Bertz CT molecular complexity index is 1250. The highest BCUT2D eigenvalue weighted by atomic mass is 35.5. The highest BCUT2D eigenvalue weighted by Crippen LogP contribution is 2.42. The Balaban J connectivity index is 1.56. The third-order valence-corrected chi connectivity index (χ3v) is 10.1. The SMILES string of the molecule is COc1ccc(C(NC(=O)C(C)(CCN2CCN(S(C)(=O)=O)[C@@H](C)C2)c2ccc(Cl)c(Cl)c2)C2CC2)cc1. The number of amides is 1. The van der Waals surface area contributed by atoms with Gasteiger partial charge in [-0.3, -0.25) is 4.79 Å². The summed E-state index contributed by atoms with van der Waals surface area (Å²) < 4.78 is 31.0. The van der Waals surface area contributed by atoms with Gasteiger partial charge in [-0.25, -0.2) is 8.42 Å². The summed E-state index contributed by atoms with van der Waals surface area (Å²) in [4.78, 5) is 16.3. The molecule has 4 rings (SSSR count). The first kappa shape index (κ1) is 29.2. The Morgan fingerprint density at radius 3 is 2.37 bits per heavy atom. The van der Waals surface area contributed by atoms with Crippen LogP contribution in [-0.2, 0) is 20.2 Å². The van der Waals surface area contributed by atoms with Crippen LogP contribution in [0.25, 0.3) is 0 Å². The minimum atomic E-state index is -3.25. The van der Waals surface area contributed by atoms with Crippen molar-refractivity contribution in [1.29, 1.82) is 0 Å². The van der Waals surface area contributed by atoms with E-state index >= 15 is 0 Å². The molecule has 0 spiro atoms. The summed E-state index contributed by atoms with van der Waals surface area (Å²) in [5.74, 6) is 1.11. The van der Waals surface area contributed by atoms with Gasteiger partial charge in [0.15, 0.2) is 0 Å². The second-order valence-electron chi connectivity index (χ2n) is 10.8. The lowest BCUT2D eigenvalue weighted by Gasteiger charge is -2.40. The van der Waals surface area contributed by atoms with Crippen LogP contribution in [0.15, 0.2) is 42.5 Å². The second-order valence-corrected chi connectivity index (χ2v) is 13.5. The van der Waals surface area contributed by atoms with Crippen molar-refractivity contribution in [3.05, 3.63) is 63.6 Å². The van der Waals surface area contributed by atoms with Crippen LogP contribution in [-0.4, -0.2) is 69.1 Å². The molecule has 38 heavy (non-hydrogen) atoms. The maximum Gasteiger partial charge on any atom is 0.230 e. The van der Waals surface area contributed by atoms with Gasteiger partial charge in [-0.1, -0.05) is 41.4 Å². The van der Waals surface area contributed by atoms with Crippen LogP contribution in [0.4, 0.5) is 0 Å². The fraction of sp³-hybridized carbons (Fsp3) is 0.536. The van der Waals surface area contributed by atoms with Crippen LogP contribution in [0.2, 0.25) is 10.0 Å². The van der Waals surface area contributed by atoms with E-state index in [2.05, 4.69) is 10.2 Å². The molecule has 1 amide bonds. The molecule has 0 aromatic heterocycles. The van der Waals surface area contributed by atoms with Crippen molar-refractivity contribution in [2.24, 2.45) is 5.92 Å². The first-order valence-electron chi connectivity index (χ1n) is 13.0. The van der Waals surface area contributed by atoms with E-state index in [-0.39, 0.29) is 18.0 Å². The van der Waals surface area contributed by atoms with E-state index in [1.165, 1.54) is 6.26 Å². The molecule has 2 aliphatic rings. The topological polar surface area (TPSA) is 79.0 Å². The summed E-state index contributed by atoms with van der Waals surface area (Å²) in [7, 11) is -1.61. The molecule has 208 valence electrons. The van der Waals surface area contributed by atoms with E-state index in [4.69, 9.17) is 27.9 Å². The highest BCUT2D eigenvalue weighted by Gasteiger charge is 2.41. The number of halogens is 2. The van der Waals surface area contributed by atoms with Crippen LogP contribution in [0.5, 0.6) is 5.75 Å². The predicted octanol–water partition coefficient (Wildman–Crippen LogP) is 4.88. The molecule has 1 aliphatic carbocycles. The van der Waals surface area contributed by atoms with Gasteiger partial charge in [-0.15, -0.1) is 0 Å². The molecular formula is C28H37Cl2N3O4S. The molecule has 0 radical (unpaired) electrons. The predicted molar refractivity (Wildman–Crippen MR) is 152 cm³/mol. The Morgan fingerprint density at radius 1 is 1.13 bits per heavy atom. The fourth-order valence-corrected chi connectivity index (χ4v) is 6.77. The summed E-state index contributed by atoms with van der Waals surface area (Å²) in [6, 6.07) is 13.1. The lowest BCUT2D eigenvalue weighted by Crippen LogP contribution is -2.54. The number of carbonyl (C=O) groups excluding carboxylic acids is 1. The van der Waals surface area contributed by atoms with Gasteiger partial charge in [0.05, 0.1) is 34.9 Å². The summed E-state index contributed by atoms with van der Waals surface area (Å²) >= 11 is 12.6. The molecule has 1 aliphatic heterocycles. The molecule has 1 N–H and O–H groups in total. The highest BCUT2D eigenvalue weighted by molar-refractivity contribution is 7.88. The van der Waals surface area contributed by atoms with Gasteiger partial charge in [-0.2, -0.15) is 4.31 Å². The summed E-state index contributed by atoms with van der Waals surface area (Å²) in [6.07, 6.45) is 3.94. The van der Waals surface area contributed by atoms with Crippen LogP contribution in [0.1, 0.15) is 50.3 Å². The molecule has 3 atom stereocenters. The van der Waals surface area contributed by atoms with E-state index in [0.717, 1.165) is 29.7 Å². The smallest absolute Gasteiger partial charge is 0.230 e. The quantitative estimate of drug-likeness (QED) is 0.432. The molecule has 2 unspecified atom stereocenters. The van der Waals surface area contributed by atoms with E-state index in [1.807, 2.05) is 44.2 Å². The van der Waals surface area contributed by atoms with Crippen molar-refractivity contribution in [1.82, 2.24) is 14.5 Å². The minimum Gasteiger partial charge on any atom is -0.497 e. The number of piperazine rings is 1. The standard InChI is InChI=1S/C28H37Cl2N3O4S/c1-19-18-32(15-16-33(19)38(4,35)36)14-13-28(2,22-9-12-24(29)25(30)17-22)27(34)31-26(20-5-6-20)21-7-10-23(37-3)11-8-21/h7-12,17,19-20,26H,5-6,13-16,18H2,1-4H3,(H,31,34)/t19-,26?,28?/m0/s1. The first-order valence-corrected chi connectivity index (χ1v) is 15.6. The van der Waals surface area contributed by atoms with Crippen LogP contribution in [0.3, 0.4) is 0 Å².